The normalized spacial score (nSPS) is 10.8. The van der Waals surface area contributed by atoms with E-state index in [0.717, 1.165) is 28.0 Å². The van der Waals surface area contributed by atoms with Crippen LogP contribution in [0.2, 0.25) is 0 Å². The van der Waals surface area contributed by atoms with Crippen LogP contribution in [-0.2, 0) is 13.2 Å². The average Bonchev–Trinajstić information content (AvgIpc) is 3.19. The molecule has 3 aromatic carbocycles. The first kappa shape index (κ1) is 24.5. The van der Waals surface area contributed by atoms with E-state index in [-0.39, 0.29) is 18.3 Å². The fraction of sp³-hybridized carbons (Fsp3) is 0.185. The summed E-state index contributed by atoms with van der Waals surface area (Å²) in [7, 11) is 1.58. The van der Waals surface area contributed by atoms with Crippen LogP contribution in [0, 0.1) is 19.7 Å². The van der Waals surface area contributed by atoms with Crippen molar-refractivity contribution in [3.63, 3.8) is 0 Å². The summed E-state index contributed by atoms with van der Waals surface area (Å²) in [4.78, 5) is 13.0. The monoisotopic (exact) mass is 537 g/mol. The highest BCUT2D eigenvalue weighted by Crippen LogP contribution is 2.26. The third-order valence-corrected chi connectivity index (χ3v) is 6.06. The molecule has 0 fully saturated rings. The molecule has 0 aliphatic rings. The second-order valence-corrected chi connectivity index (χ2v) is 9.04. The molecule has 1 N–H and O–H groups in total. The Labute approximate surface area is 211 Å². The predicted molar refractivity (Wildman–Crippen MR) is 137 cm³/mol. The van der Waals surface area contributed by atoms with Crippen LogP contribution in [-0.4, -0.2) is 22.8 Å². The number of halogens is 2. The van der Waals surface area contributed by atoms with Crippen molar-refractivity contribution >= 4 is 27.7 Å². The number of amides is 1. The summed E-state index contributed by atoms with van der Waals surface area (Å²) >= 11 is 3.45. The quantitative estimate of drug-likeness (QED) is 0.287. The van der Waals surface area contributed by atoms with Crippen LogP contribution >= 0.6 is 15.9 Å². The Balaban J connectivity index is 1.48. The van der Waals surface area contributed by atoms with Crippen LogP contribution in [0.4, 0.5) is 10.2 Å². The molecule has 0 aliphatic heterocycles. The van der Waals surface area contributed by atoms with Crippen molar-refractivity contribution in [1.82, 2.24) is 9.78 Å². The van der Waals surface area contributed by atoms with E-state index in [9.17, 15) is 9.18 Å². The molecule has 0 unspecified atom stereocenters. The zero-order chi connectivity index (χ0) is 24.9. The summed E-state index contributed by atoms with van der Waals surface area (Å²) in [6.45, 7) is 4.70. The van der Waals surface area contributed by atoms with Gasteiger partial charge in [-0.1, -0.05) is 24.3 Å². The van der Waals surface area contributed by atoms with E-state index < -0.39 is 0 Å². The topological polar surface area (TPSA) is 65.4 Å². The molecule has 0 saturated carbocycles. The fourth-order valence-electron chi connectivity index (χ4n) is 3.57. The van der Waals surface area contributed by atoms with E-state index in [1.54, 1.807) is 48.3 Å². The van der Waals surface area contributed by atoms with Crippen LogP contribution in [0.3, 0.4) is 0 Å². The van der Waals surface area contributed by atoms with Crippen molar-refractivity contribution < 1.29 is 18.7 Å². The van der Waals surface area contributed by atoms with Gasteiger partial charge in [-0.15, -0.1) is 0 Å². The van der Waals surface area contributed by atoms with Crippen molar-refractivity contribution in [3.05, 3.63) is 105 Å². The Hall–Kier alpha value is -3.65. The third-order valence-electron chi connectivity index (χ3n) is 5.48. The van der Waals surface area contributed by atoms with Crippen LogP contribution in [0.15, 0.2) is 71.3 Å². The number of benzene rings is 3. The number of aromatic nitrogens is 2. The molecule has 180 valence electrons. The maximum atomic E-state index is 13.1. The van der Waals surface area contributed by atoms with Gasteiger partial charge in [-0.2, -0.15) is 5.10 Å². The van der Waals surface area contributed by atoms with E-state index in [0.29, 0.717) is 28.1 Å². The largest absolute Gasteiger partial charge is 0.496 e. The number of nitrogens with one attached hydrogen (secondary N) is 1. The van der Waals surface area contributed by atoms with Gasteiger partial charge in [0.15, 0.2) is 5.82 Å². The number of nitrogens with zero attached hydrogens (tertiary/aromatic N) is 2. The number of methoxy groups -OCH3 is 1. The van der Waals surface area contributed by atoms with E-state index in [1.165, 1.54) is 12.1 Å². The number of hydrogen-bond donors (Lipinski definition) is 1. The predicted octanol–water partition coefficient (Wildman–Crippen LogP) is 6.29. The van der Waals surface area contributed by atoms with E-state index >= 15 is 0 Å². The zero-order valence-electron chi connectivity index (χ0n) is 19.6. The SMILES string of the molecule is COc1ccc(C(=O)Nc2nn(Cc3ccc(F)cc3)cc2Br)cc1COc1cc(C)ccc1C. The van der Waals surface area contributed by atoms with Crippen LogP contribution in [0.5, 0.6) is 11.5 Å². The van der Waals surface area contributed by atoms with E-state index in [1.807, 2.05) is 32.0 Å². The molecule has 0 saturated heterocycles. The molecule has 6 nitrogen and oxygen atoms in total. The first-order valence-electron chi connectivity index (χ1n) is 11.0. The smallest absolute Gasteiger partial charge is 0.256 e. The van der Waals surface area contributed by atoms with Crippen molar-refractivity contribution in [2.24, 2.45) is 0 Å². The molecule has 1 amide bonds. The zero-order valence-corrected chi connectivity index (χ0v) is 21.2. The van der Waals surface area contributed by atoms with Gasteiger partial charge in [0.25, 0.3) is 5.91 Å². The second kappa shape index (κ2) is 10.7. The van der Waals surface area contributed by atoms with Gasteiger partial charge in [0.2, 0.25) is 0 Å². The number of rotatable bonds is 8. The number of aryl methyl sites for hydroxylation is 2. The van der Waals surface area contributed by atoms with Crippen LogP contribution < -0.4 is 14.8 Å². The standard InChI is InChI=1S/C27H25BrFN3O3/c1-17-4-5-18(2)25(12-17)35-16-21-13-20(8-11-24(21)34-3)27(33)30-26-23(28)15-32(31-26)14-19-6-9-22(29)10-7-19/h4-13,15H,14,16H2,1-3H3,(H,30,31,33). The number of hydrogen-bond acceptors (Lipinski definition) is 4. The molecule has 0 atom stereocenters. The highest BCUT2D eigenvalue weighted by Gasteiger charge is 2.15. The van der Waals surface area contributed by atoms with Gasteiger partial charge in [-0.25, -0.2) is 4.39 Å². The minimum atomic E-state index is -0.312. The molecule has 0 spiro atoms. The van der Waals surface area contributed by atoms with Gasteiger partial charge in [0, 0.05) is 17.3 Å². The van der Waals surface area contributed by atoms with Gasteiger partial charge < -0.3 is 14.8 Å². The summed E-state index contributed by atoms with van der Waals surface area (Å²) in [5.41, 5.74) is 4.23. The molecular formula is C27H25BrFN3O3. The lowest BCUT2D eigenvalue weighted by molar-refractivity contribution is 0.102. The lowest BCUT2D eigenvalue weighted by Crippen LogP contribution is -2.14. The van der Waals surface area contributed by atoms with E-state index in [2.05, 4.69) is 26.3 Å². The summed E-state index contributed by atoms with van der Waals surface area (Å²) in [6.07, 6.45) is 1.76. The first-order valence-corrected chi connectivity index (χ1v) is 11.8. The lowest BCUT2D eigenvalue weighted by Gasteiger charge is -2.14. The third kappa shape index (κ3) is 6.08. The Bertz CT molecular complexity index is 1350. The summed E-state index contributed by atoms with van der Waals surface area (Å²) in [5, 5.41) is 7.28. The summed E-state index contributed by atoms with van der Waals surface area (Å²) in [5.74, 6) is 1.21. The average molecular weight is 538 g/mol. The molecule has 4 rings (SSSR count). The molecule has 0 bridgehead atoms. The van der Waals surface area contributed by atoms with Gasteiger partial charge >= 0.3 is 0 Å². The van der Waals surface area contributed by atoms with Crippen molar-refractivity contribution in [3.8, 4) is 11.5 Å². The minimum Gasteiger partial charge on any atom is -0.496 e. The van der Waals surface area contributed by atoms with Gasteiger partial charge in [0.1, 0.15) is 23.9 Å². The molecular weight excluding hydrogens is 513 g/mol. The van der Waals surface area contributed by atoms with E-state index in [4.69, 9.17) is 9.47 Å². The molecule has 35 heavy (non-hydrogen) atoms. The Morgan fingerprint density at radius 1 is 1.06 bits per heavy atom. The fourth-order valence-corrected chi connectivity index (χ4v) is 3.99. The van der Waals surface area contributed by atoms with Gasteiger partial charge in [-0.3, -0.25) is 9.48 Å². The highest BCUT2D eigenvalue weighted by atomic mass is 79.9. The molecule has 0 aliphatic carbocycles. The molecule has 8 heteroatoms. The number of ether oxygens (including phenoxy) is 2. The van der Waals surface area contributed by atoms with Crippen molar-refractivity contribution in [2.45, 2.75) is 27.0 Å². The number of carbonyl (C=O) groups excluding carboxylic acids is 1. The minimum absolute atomic E-state index is 0.255. The number of anilines is 1. The molecule has 1 aromatic heterocycles. The maximum absolute atomic E-state index is 13.1. The van der Waals surface area contributed by atoms with Crippen molar-refractivity contribution in [2.75, 3.05) is 12.4 Å². The van der Waals surface area contributed by atoms with Crippen molar-refractivity contribution in [1.29, 1.82) is 0 Å². The maximum Gasteiger partial charge on any atom is 0.256 e. The summed E-state index contributed by atoms with van der Waals surface area (Å²) < 4.78 is 27.0. The lowest BCUT2D eigenvalue weighted by atomic mass is 10.1. The summed E-state index contributed by atoms with van der Waals surface area (Å²) in [6, 6.07) is 17.4. The Morgan fingerprint density at radius 2 is 1.83 bits per heavy atom. The Kier molecular flexibility index (Phi) is 7.51. The first-order chi connectivity index (χ1) is 16.8. The van der Waals surface area contributed by atoms with Gasteiger partial charge in [0.05, 0.1) is 18.1 Å². The highest BCUT2D eigenvalue weighted by molar-refractivity contribution is 9.10. The van der Waals surface area contributed by atoms with Gasteiger partial charge in [-0.05, 0) is 82.9 Å². The molecule has 4 aromatic rings. The number of carbonyl (C=O) groups is 1. The van der Waals surface area contributed by atoms with Crippen LogP contribution in [0.25, 0.3) is 0 Å². The second-order valence-electron chi connectivity index (χ2n) is 8.19. The Morgan fingerprint density at radius 3 is 2.57 bits per heavy atom. The molecule has 1 heterocycles. The van der Waals surface area contributed by atoms with Crippen LogP contribution in [0.1, 0.15) is 32.6 Å². The molecule has 0 radical (unpaired) electrons.